The molecule has 0 saturated heterocycles. The van der Waals surface area contributed by atoms with Crippen molar-refractivity contribution < 1.29 is 22.4 Å². The monoisotopic (exact) mass is 412 g/mol. The minimum absolute atomic E-state index is 0.00826. The van der Waals surface area contributed by atoms with Gasteiger partial charge in [0.2, 0.25) is 0 Å². The van der Waals surface area contributed by atoms with Gasteiger partial charge in [-0.15, -0.1) is 11.6 Å². The van der Waals surface area contributed by atoms with Gasteiger partial charge in [0.05, 0.1) is 0 Å². The highest BCUT2D eigenvalue weighted by Gasteiger charge is 2.40. The van der Waals surface area contributed by atoms with Crippen LogP contribution in [-0.4, -0.2) is 12.0 Å². The molecule has 0 radical (unpaired) electrons. The zero-order valence-electron chi connectivity index (χ0n) is 15.7. The van der Waals surface area contributed by atoms with E-state index in [-0.39, 0.29) is 22.8 Å². The van der Waals surface area contributed by atoms with Gasteiger partial charge in [-0.2, -0.15) is 13.2 Å². The summed E-state index contributed by atoms with van der Waals surface area (Å²) in [5.41, 5.74) is 1.68. The van der Waals surface area contributed by atoms with E-state index in [1.54, 1.807) is 12.1 Å². The fourth-order valence-electron chi connectivity index (χ4n) is 4.17. The Labute approximate surface area is 166 Å². The molecule has 0 heterocycles. The quantitative estimate of drug-likeness (QED) is 0.293. The summed E-state index contributed by atoms with van der Waals surface area (Å²) in [6.07, 6.45) is -2.06. The normalized spacial score (nSPS) is 19.0. The molecule has 3 rings (SSSR count). The Hall–Kier alpha value is -1.88. The summed E-state index contributed by atoms with van der Waals surface area (Å²) in [4.78, 5) is 11.6. The Balaban J connectivity index is 2.17. The number of carbonyl (C=O) groups excluding carboxylic acids is 1. The second-order valence-corrected chi connectivity index (χ2v) is 8.28. The van der Waals surface area contributed by atoms with Gasteiger partial charge in [-0.1, -0.05) is 38.5 Å². The minimum Gasteiger partial charge on any atom is -0.284 e. The number of rotatable bonds is 4. The number of carbonyl (C=O) groups is 1. The number of ketones is 1. The van der Waals surface area contributed by atoms with Crippen molar-refractivity contribution in [2.75, 3.05) is 0 Å². The topological polar surface area (TPSA) is 17.1 Å². The van der Waals surface area contributed by atoms with Crippen LogP contribution in [-0.2, 0) is 5.88 Å². The number of benzene rings is 2. The van der Waals surface area contributed by atoms with Crippen LogP contribution in [0.25, 0.3) is 11.1 Å². The van der Waals surface area contributed by atoms with E-state index in [4.69, 9.17) is 11.6 Å². The van der Waals surface area contributed by atoms with Crippen molar-refractivity contribution in [2.45, 2.75) is 51.1 Å². The van der Waals surface area contributed by atoms with Crippen LogP contribution < -0.4 is 0 Å². The lowest BCUT2D eigenvalue weighted by Crippen LogP contribution is -2.22. The van der Waals surface area contributed by atoms with Gasteiger partial charge in [-0.3, -0.25) is 4.79 Å². The van der Waals surface area contributed by atoms with Crippen LogP contribution in [0.5, 0.6) is 0 Å². The predicted molar refractivity (Wildman–Crippen MR) is 102 cm³/mol. The number of hydrogen-bond donors (Lipinski definition) is 0. The lowest BCUT2D eigenvalue weighted by atomic mass is 9.75. The second kappa shape index (κ2) is 7.51. The van der Waals surface area contributed by atoms with Crippen molar-refractivity contribution in [3.63, 3.8) is 0 Å². The third kappa shape index (κ3) is 3.95. The third-order valence-electron chi connectivity index (χ3n) is 5.68. The summed E-state index contributed by atoms with van der Waals surface area (Å²) >= 11 is 5.98. The molecule has 6 heteroatoms. The van der Waals surface area contributed by atoms with E-state index in [0.29, 0.717) is 5.56 Å². The Morgan fingerprint density at radius 2 is 1.86 bits per heavy atom. The van der Waals surface area contributed by atoms with Crippen LogP contribution in [0.3, 0.4) is 0 Å². The first-order valence-corrected chi connectivity index (χ1v) is 9.68. The average molecular weight is 413 g/mol. The van der Waals surface area contributed by atoms with Crippen molar-refractivity contribution in [1.29, 1.82) is 0 Å². The van der Waals surface area contributed by atoms with E-state index >= 15 is 0 Å². The Bertz CT molecular complexity index is 902. The van der Waals surface area contributed by atoms with Crippen molar-refractivity contribution in [1.82, 2.24) is 0 Å². The smallest absolute Gasteiger partial charge is 0.284 e. The summed E-state index contributed by atoms with van der Waals surface area (Å²) in [7, 11) is 0. The molecular weight excluding hydrogens is 392 g/mol. The van der Waals surface area contributed by atoms with E-state index in [1.165, 1.54) is 0 Å². The molecule has 0 unspecified atom stereocenters. The van der Waals surface area contributed by atoms with Gasteiger partial charge in [-0.25, -0.2) is 4.39 Å². The standard InChI is InChI=1S/C22H21ClF4O/c1-21(2)9-3-4-18(21)16-10-13(12-23)5-7-15(16)17-11-14(6-8-19(17)24)20(28)22(25,26)27/h5-8,10-11,18H,3-4,9,12H2,1-2H3/t18-/m0/s1. The highest BCUT2D eigenvalue weighted by molar-refractivity contribution is 6.17. The fraction of sp³-hybridized carbons (Fsp3) is 0.409. The predicted octanol–water partition coefficient (Wildman–Crippen LogP) is 7.27. The molecule has 0 bridgehead atoms. The molecule has 0 spiro atoms. The highest BCUT2D eigenvalue weighted by atomic mass is 35.5. The Kier molecular flexibility index (Phi) is 5.59. The summed E-state index contributed by atoms with van der Waals surface area (Å²) in [6.45, 7) is 4.28. The molecule has 0 aromatic heterocycles. The van der Waals surface area contributed by atoms with E-state index < -0.39 is 23.3 Å². The van der Waals surface area contributed by atoms with Crippen LogP contribution >= 0.6 is 11.6 Å². The van der Waals surface area contributed by atoms with Crippen LogP contribution in [0, 0.1) is 11.2 Å². The molecule has 0 amide bonds. The first-order valence-electron chi connectivity index (χ1n) is 9.15. The largest absolute Gasteiger partial charge is 0.454 e. The SMILES string of the molecule is CC1(C)CCC[C@H]1c1cc(CCl)ccc1-c1cc(C(=O)C(F)(F)F)ccc1F. The summed E-state index contributed by atoms with van der Waals surface area (Å²) < 4.78 is 53.1. The summed E-state index contributed by atoms with van der Waals surface area (Å²) in [6, 6.07) is 8.16. The van der Waals surface area contributed by atoms with Gasteiger partial charge >= 0.3 is 6.18 Å². The van der Waals surface area contributed by atoms with E-state index in [1.807, 2.05) is 6.07 Å². The van der Waals surface area contributed by atoms with Gasteiger partial charge in [0, 0.05) is 17.0 Å². The maximum Gasteiger partial charge on any atom is 0.454 e. The Morgan fingerprint density at radius 1 is 1.14 bits per heavy atom. The van der Waals surface area contributed by atoms with Crippen LogP contribution in [0.15, 0.2) is 36.4 Å². The van der Waals surface area contributed by atoms with Crippen LogP contribution in [0.1, 0.15) is 60.5 Å². The summed E-state index contributed by atoms with van der Waals surface area (Å²) in [5.74, 6) is -2.22. The molecule has 2 aromatic rings. The van der Waals surface area contributed by atoms with E-state index in [0.717, 1.165) is 48.6 Å². The number of Topliss-reactive ketones (excluding diaryl/α,β-unsaturated/α-hetero) is 1. The average Bonchev–Trinajstić information content (AvgIpc) is 2.99. The Morgan fingerprint density at radius 3 is 2.43 bits per heavy atom. The van der Waals surface area contributed by atoms with Gasteiger partial charge in [0.15, 0.2) is 0 Å². The van der Waals surface area contributed by atoms with Crippen molar-refractivity contribution in [3.05, 3.63) is 58.9 Å². The van der Waals surface area contributed by atoms with Crippen LogP contribution in [0.4, 0.5) is 17.6 Å². The molecule has 0 N–H and O–H groups in total. The van der Waals surface area contributed by atoms with Gasteiger partial charge in [0.25, 0.3) is 5.78 Å². The first-order chi connectivity index (χ1) is 13.0. The third-order valence-corrected chi connectivity index (χ3v) is 5.99. The molecule has 1 nitrogen and oxygen atoms in total. The van der Waals surface area contributed by atoms with E-state index in [9.17, 15) is 22.4 Å². The van der Waals surface area contributed by atoms with Gasteiger partial charge < -0.3 is 0 Å². The molecular formula is C22H21ClF4O. The summed E-state index contributed by atoms with van der Waals surface area (Å²) in [5, 5.41) is 0. The number of alkyl halides is 4. The van der Waals surface area contributed by atoms with Gasteiger partial charge in [-0.05, 0) is 59.1 Å². The van der Waals surface area contributed by atoms with Crippen molar-refractivity contribution in [2.24, 2.45) is 5.41 Å². The van der Waals surface area contributed by atoms with Gasteiger partial charge in [0.1, 0.15) is 5.82 Å². The zero-order valence-corrected chi connectivity index (χ0v) is 16.4. The molecule has 1 fully saturated rings. The molecule has 28 heavy (non-hydrogen) atoms. The maximum atomic E-state index is 14.6. The minimum atomic E-state index is -5.01. The first kappa shape index (κ1) is 20.8. The molecule has 2 aromatic carbocycles. The lowest BCUT2D eigenvalue weighted by molar-refractivity contribution is -0.0885. The lowest BCUT2D eigenvalue weighted by Gasteiger charge is -2.30. The van der Waals surface area contributed by atoms with Crippen molar-refractivity contribution >= 4 is 17.4 Å². The zero-order chi connectivity index (χ0) is 20.7. The van der Waals surface area contributed by atoms with E-state index in [2.05, 4.69) is 13.8 Å². The fourth-order valence-corrected chi connectivity index (χ4v) is 4.33. The second-order valence-electron chi connectivity index (χ2n) is 8.01. The maximum absolute atomic E-state index is 14.6. The molecule has 150 valence electrons. The number of hydrogen-bond acceptors (Lipinski definition) is 1. The molecule has 1 aliphatic carbocycles. The molecule has 0 aliphatic heterocycles. The van der Waals surface area contributed by atoms with Crippen molar-refractivity contribution in [3.8, 4) is 11.1 Å². The molecule has 1 atom stereocenters. The molecule has 1 aliphatic rings. The number of halogens is 5. The van der Waals surface area contributed by atoms with Crippen LogP contribution in [0.2, 0.25) is 0 Å². The highest BCUT2D eigenvalue weighted by Crippen LogP contribution is 2.51. The molecule has 1 saturated carbocycles.